The Morgan fingerprint density at radius 1 is 1.22 bits per heavy atom. The summed E-state index contributed by atoms with van der Waals surface area (Å²) in [5, 5.41) is 14.6. The van der Waals surface area contributed by atoms with Gasteiger partial charge >= 0.3 is 12.2 Å². The Balaban J connectivity index is 1.66. The van der Waals surface area contributed by atoms with Crippen molar-refractivity contribution in [1.29, 1.82) is 0 Å². The van der Waals surface area contributed by atoms with E-state index in [2.05, 4.69) is 10.6 Å². The standard InChI is InChI=1S/C19H26N2O6/c1-19(2,3)27-18(24)21-14-6-9-16(25-12-14)10-20-17(23)26-11-13-4-7-15(22)8-5-13/h4-5,7-9,14,22H,6,10-12H2,1-3H3,(H,20,23)(H,21,24)/t14-/m1/s1. The lowest BCUT2D eigenvalue weighted by molar-refractivity contribution is 0.0462. The first-order chi connectivity index (χ1) is 12.7. The normalized spacial score (nSPS) is 16.6. The van der Waals surface area contributed by atoms with Crippen LogP contribution >= 0.6 is 0 Å². The first kappa shape index (κ1) is 20.4. The number of phenolic OH excluding ortho intramolecular Hbond substituents is 1. The van der Waals surface area contributed by atoms with Crippen molar-refractivity contribution in [1.82, 2.24) is 10.6 Å². The summed E-state index contributed by atoms with van der Waals surface area (Å²) in [6.45, 7) is 6.01. The predicted molar refractivity (Wildman–Crippen MR) is 98.1 cm³/mol. The molecule has 148 valence electrons. The van der Waals surface area contributed by atoms with E-state index in [-0.39, 0.29) is 24.9 Å². The van der Waals surface area contributed by atoms with Crippen molar-refractivity contribution < 1.29 is 28.9 Å². The van der Waals surface area contributed by atoms with Crippen LogP contribution in [0.15, 0.2) is 36.1 Å². The number of aromatic hydroxyl groups is 1. The van der Waals surface area contributed by atoms with E-state index in [0.29, 0.717) is 18.8 Å². The zero-order valence-corrected chi connectivity index (χ0v) is 15.8. The maximum Gasteiger partial charge on any atom is 0.408 e. The second kappa shape index (κ2) is 9.16. The number of hydrogen-bond donors (Lipinski definition) is 3. The molecule has 8 heteroatoms. The highest BCUT2D eigenvalue weighted by Gasteiger charge is 2.22. The Morgan fingerprint density at radius 3 is 2.52 bits per heavy atom. The molecule has 8 nitrogen and oxygen atoms in total. The minimum absolute atomic E-state index is 0.105. The highest BCUT2D eigenvalue weighted by Crippen LogP contribution is 2.13. The SMILES string of the molecule is CC(C)(C)OC(=O)N[C@@H]1CC=C(CNC(=O)OCc2ccc(O)cc2)OC1. The van der Waals surface area contributed by atoms with Gasteiger partial charge in [-0.3, -0.25) is 0 Å². The van der Waals surface area contributed by atoms with E-state index in [9.17, 15) is 14.7 Å². The molecule has 0 saturated heterocycles. The highest BCUT2D eigenvalue weighted by molar-refractivity contribution is 5.68. The van der Waals surface area contributed by atoms with Gasteiger partial charge in [0, 0.05) is 0 Å². The maximum absolute atomic E-state index is 11.7. The summed E-state index contributed by atoms with van der Waals surface area (Å²) < 4.78 is 15.8. The average molecular weight is 378 g/mol. The molecule has 1 aliphatic rings. The number of ether oxygens (including phenoxy) is 3. The topological polar surface area (TPSA) is 106 Å². The van der Waals surface area contributed by atoms with Gasteiger partial charge in [-0.05, 0) is 51.0 Å². The summed E-state index contributed by atoms with van der Waals surface area (Å²) >= 11 is 0. The molecule has 0 aromatic heterocycles. The summed E-state index contributed by atoms with van der Waals surface area (Å²) in [6, 6.07) is 6.23. The number of carbonyl (C=O) groups is 2. The number of rotatable bonds is 5. The Labute approximate surface area is 158 Å². The lowest BCUT2D eigenvalue weighted by Crippen LogP contribution is -2.42. The molecule has 3 N–H and O–H groups in total. The molecular weight excluding hydrogens is 352 g/mol. The minimum atomic E-state index is -0.568. The third-order valence-electron chi connectivity index (χ3n) is 3.53. The minimum Gasteiger partial charge on any atom is -0.508 e. The fraction of sp³-hybridized carbons (Fsp3) is 0.474. The Kier molecular flexibility index (Phi) is 6.92. The molecule has 27 heavy (non-hydrogen) atoms. The summed E-state index contributed by atoms with van der Waals surface area (Å²) in [5.41, 5.74) is 0.220. The number of benzene rings is 1. The average Bonchev–Trinajstić information content (AvgIpc) is 2.59. The molecule has 2 rings (SSSR count). The molecule has 0 saturated carbocycles. The van der Waals surface area contributed by atoms with E-state index in [0.717, 1.165) is 5.56 Å². The Hall–Kier alpha value is -2.90. The van der Waals surface area contributed by atoms with Gasteiger partial charge in [0.15, 0.2) is 0 Å². The van der Waals surface area contributed by atoms with Gasteiger partial charge in [0.25, 0.3) is 0 Å². The van der Waals surface area contributed by atoms with Crippen molar-refractivity contribution in [2.24, 2.45) is 0 Å². The van der Waals surface area contributed by atoms with Crippen molar-refractivity contribution in [2.75, 3.05) is 13.2 Å². The van der Waals surface area contributed by atoms with Gasteiger partial charge in [-0.25, -0.2) is 9.59 Å². The monoisotopic (exact) mass is 378 g/mol. The number of hydrogen-bond acceptors (Lipinski definition) is 6. The van der Waals surface area contributed by atoms with Crippen LogP contribution in [0.3, 0.4) is 0 Å². The van der Waals surface area contributed by atoms with Gasteiger partial charge < -0.3 is 30.0 Å². The van der Waals surface area contributed by atoms with Crippen molar-refractivity contribution in [2.45, 2.75) is 45.4 Å². The third-order valence-corrected chi connectivity index (χ3v) is 3.53. The quantitative estimate of drug-likeness (QED) is 0.727. The number of phenols is 1. The van der Waals surface area contributed by atoms with Crippen LogP contribution in [0.4, 0.5) is 9.59 Å². The fourth-order valence-electron chi connectivity index (χ4n) is 2.26. The number of alkyl carbamates (subject to hydrolysis) is 2. The second-order valence-corrected chi connectivity index (χ2v) is 7.16. The summed E-state index contributed by atoms with van der Waals surface area (Å²) in [5.74, 6) is 0.767. The zero-order chi connectivity index (χ0) is 19.9. The van der Waals surface area contributed by atoms with Crippen molar-refractivity contribution in [3.8, 4) is 5.75 Å². The molecular formula is C19H26N2O6. The second-order valence-electron chi connectivity index (χ2n) is 7.16. The maximum atomic E-state index is 11.7. The van der Waals surface area contributed by atoms with Gasteiger partial charge in [-0.1, -0.05) is 12.1 Å². The van der Waals surface area contributed by atoms with Crippen LogP contribution in [0.5, 0.6) is 5.75 Å². The predicted octanol–water partition coefficient (Wildman–Crippen LogP) is 2.82. The molecule has 2 amide bonds. The number of amides is 2. The van der Waals surface area contributed by atoms with Crippen LogP contribution in [0.25, 0.3) is 0 Å². The molecule has 1 atom stereocenters. The van der Waals surface area contributed by atoms with Crippen LogP contribution in [0.1, 0.15) is 32.8 Å². The van der Waals surface area contributed by atoms with Gasteiger partial charge in [-0.2, -0.15) is 0 Å². The smallest absolute Gasteiger partial charge is 0.408 e. The Bertz CT molecular complexity index is 678. The summed E-state index contributed by atoms with van der Waals surface area (Å²) in [7, 11) is 0. The Morgan fingerprint density at radius 2 is 1.93 bits per heavy atom. The van der Waals surface area contributed by atoms with E-state index >= 15 is 0 Å². The highest BCUT2D eigenvalue weighted by atomic mass is 16.6. The molecule has 0 bridgehead atoms. The van der Waals surface area contributed by atoms with Gasteiger partial charge in [0.2, 0.25) is 0 Å². The fourth-order valence-corrected chi connectivity index (χ4v) is 2.26. The molecule has 1 aromatic rings. The third kappa shape index (κ3) is 7.89. The summed E-state index contributed by atoms with van der Waals surface area (Å²) in [6.07, 6.45) is 1.34. The molecule has 0 spiro atoms. The molecule has 1 aromatic carbocycles. The van der Waals surface area contributed by atoms with E-state index in [4.69, 9.17) is 14.2 Å². The zero-order valence-electron chi connectivity index (χ0n) is 15.8. The molecule has 0 aliphatic carbocycles. The molecule has 1 aliphatic heterocycles. The molecule has 1 heterocycles. The summed E-state index contributed by atoms with van der Waals surface area (Å²) in [4.78, 5) is 23.5. The first-order valence-corrected chi connectivity index (χ1v) is 8.71. The number of carbonyl (C=O) groups excluding carboxylic acids is 2. The first-order valence-electron chi connectivity index (χ1n) is 8.71. The van der Waals surface area contributed by atoms with Gasteiger partial charge in [-0.15, -0.1) is 0 Å². The van der Waals surface area contributed by atoms with Crippen LogP contribution in [0, 0.1) is 0 Å². The molecule has 0 fully saturated rings. The van der Waals surface area contributed by atoms with E-state index < -0.39 is 17.8 Å². The van der Waals surface area contributed by atoms with E-state index in [1.807, 2.05) is 6.08 Å². The van der Waals surface area contributed by atoms with E-state index in [1.165, 1.54) is 12.1 Å². The number of nitrogens with one attached hydrogen (secondary N) is 2. The molecule has 0 radical (unpaired) electrons. The van der Waals surface area contributed by atoms with E-state index in [1.54, 1.807) is 32.9 Å². The van der Waals surface area contributed by atoms with Crippen molar-refractivity contribution in [3.63, 3.8) is 0 Å². The van der Waals surface area contributed by atoms with Crippen LogP contribution in [-0.2, 0) is 20.8 Å². The van der Waals surface area contributed by atoms with Crippen LogP contribution in [-0.4, -0.2) is 42.1 Å². The van der Waals surface area contributed by atoms with Crippen LogP contribution < -0.4 is 10.6 Å². The largest absolute Gasteiger partial charge is 0.508 e. The van der Waals surface area contributed by atoms with Gasteiger partial charge in [0.1, 0.15) is 30.3 Å². The molecule has 0 unspecified atom stereocenters. The lowest BCUT2D eigenvalue weighted by atomic mass is 10.1. The van der Waals surface area contributed by atoms with Gasteiger partial charge in [0.05, 0.1) is 12.6 Å². The van der Waals surface area contributed by atoms with Crippen LogP contribution in [0.2, 0.25) is 0 Å². The van der Waals surface area contributed by atoms with Crippen molar-refractivity contribution in [3.05, 3.63) is 41.7 Å². The lowest BCUT2D eigenvalue weighted by Gasteiger charge is -2.26. The van der Waals surface area contributed by atoms with Crippen molar-refractivity contribution >= 4 is 12.2 Å².